The first-order valence-electron chi connectivity index (χ1n) is 8.66. The van der Waals surface area contributed by atoms with E-state index in [1.807, 2.05) is 36.1 Å². The molecule has 1 fully saturated rings. The van der Waals surface area contributed by atoms with Crippen LogP contribution in [0.25, 0.3) is 5.69 Å². The fraction of sp³-hybridized carbons (Fsp3) is 0.529. The summed E-state index contributed by atoms with van der Waals surface area (Å²) in [4.78, 5) is 16.6. The number of aliphatic hydroxyl groups is 1. The Hall–Kier alpha value is -2.32. The molecule has 0 bridgehead atoms. The number of benzene rings is 1. The average Bonchev–Trinajstić information content (AvgIpc) is 3.17. The van der Waals surface area contributed by atoms with Crippen molar-refractivity contribution in [3.8, 4) is 5.69 Å². The van der Waals surface area contributed by atoms with Crippen molar-refractivity contribution in [2.45, 2.75) is 25.9 Å². The summed E-state index contributed by atoms with van der Waals surface area (Å²) in [6.07, 6.45) is 2.42. The van der Waals surface area contributed by atoms with Gasteiger partial charge in [0.25, 0.3) is 0 Å². The standard InChI is InChI=1S/C17H24N6O2/c1-2-16(24)12-21-7-9-22(10-8-21)17(25)11-14-3-5-15(6-4-14)23-13-18-19-20-23/h3-6,13,16,24H,2,7-12H2,1H3. The molecule has 0 radical (unpaired) electrons. The molecule has 0 saturated carbocycles. The van der Waals surface area contributed by atoms with Gasteiger partial charge in [-0.05, 0) is 34.5 Å². The van der Waals surface area contributed by atoms with Crippen LogP contribution >= 0.6 is 0 Å². The van der Waals surface area contributed by atoms with Gasteiger partial charge < -0.3 is 10.0 Å². The number of hydrogen-bond acceptors (Lipinski definition) is 6. The molecule has 1 aliphatic rings. The van der Waals surface area contributed by atoms with Gasteiger partial charge in [0, 0.05) is 32.7 Å². The SMILES string of the molecule is CCC(O)CN1CCN(C(=O)Cc2ccc(-n3cnnn3)cc2)CC1. The number of carbonyl (C=O) groups is 1. The zero-order chi connectivity index (χ0) is 17.6. The molecular formula is C17H24N6O2. The summed E-state index contributed by atoms with van der Waals surface area (Å²) < 4.78 is 1.58. The molecule has 25 heavy (non-hydrogen) atoms. The number of piperazine rings is 1. The Kier molecular flexibility index (Phi) is 5.72. The van der Waals surface area contributed by atoms with Crippen LogP contribution in [0.5, 0.6) is 0 Å². The molecule has 0 aliphatic carbocycles. The predicted molar refractivity (Wildman–Crippen MR) is 92.2 cm³/mol. The molecule has 2 heterocycles. The summed E-state index contributed by atoms with van der Waals surface area (Å²) in [5.41, 5.74) is 1.84. The second-order valence-electron chi connectivity index (χ2n) is 6.34. The summed E-state index contributed by atoms with van der Waals surface area (Å²) in [6.45, 7) is 5.75. The van der Waals surface area contributed by atoms with Crippen molar-refractivity contribution in [3.63, 3.8) is 0 Å². The third-order valence-electron chi connectivity index (χ3n) is 4.57. The van der Waals surface area contributed by atoms with Crippen molar-refractivity contribution < 1.29 is 9.90 Å². The molecule has 1 N–H and O–H groups in total. The molecule has 1 saturated heterocycles. The highest BCUT2D eigenvalue weighted by molar-refractivity contribution is 5.79. The maximum Gasteiger partial charge on any atom is 0.227 e. The molecule has 1 amide bonds. The van der Waals surface area contributed by atoms with Crippen LogP contribution in [0.2, 0.25) is 0 Å². The van der Waals surface area contributed by atoms with Gasteiger partial charge in [0.1, 0.15) is 6.33 Å². The fourth-order valence-electron chi connectivity index (χ4n) is 2.94. The first-order chi connectivity index (χ1) is 12.2. The molecule has 8 nitrogen and oxygen atoms in total. The molecule has 2 aromatic rings. The van der Waals surface area contributed by atoms with Crippen molar-refractivity contribution in [1.82, 2.24) is 30.0 Å². The van der Waals surface area contributed by atoms with Crippen LogP contribution in [0.15, 0.2) is 30.6 Å². The molecule has 8 heteroatoms. The number of amides is 1. The van der Waals surface area contributed by atoms with Gasteiger partial charge in [-0.3, -0.25) is 9.69 Å². The van der Waals surface area contributed by atoms with E-state index in [4.69, 9.17) is 0 Å². The number of carbonyl (C=O) groups excluding carboxylic acids is 1. The van der Waals surface area contributed by atoms with Gasteiger partial charge in [-0.25, -0.2) is 4.68 Å². The van der Waals surface area contributed by atoms with Gasteiger partial charge in [0.15, 0.2) is 0 Å². The third-order valence-corrected chi connectivity index (χ3v) is 4.57. The molecule has 1 aliphatic heterocycles. The van der Waals surface area contributed by atoms with Crippen LogP contribution in [0.4, 0.5) is 0 Å². The Morgan fingerprint density at radius 1 is 1.20 bits per heavy atom. The molecule has 3 rings (SSSR count). The van der Waals surface area contributed by atoms with Crippen molar-refractivity contribution in [2.24, 2.45) is 0 Å². The minimum absolute atomic E-state index is 0.144. The van der Waals surface area contributed by atoms with Gasteiger partial charge in [-0.1, -0.05) is 19.1 Å². The third kappa shape index (κ3) is 4.61. The van der Waals surface area contributed by atoms with E-state index in [2.05, 4.69) is 20.4 Å². The second kappa shape index (κ2) is 8.17. The number of aliphatic hydroxyl groups excluding tert-OH is 1. The maximum absolute atomic E-state index is 12.5. The van der Waals surface area contributed by atoms with Crippen molar-refractivity contribution >= 4 is 5.91 Å². The van der Waals surface area contributed by atoms with E-state index in [1.54, 1.807) is 4.68 Å². The van der Waals surface area contributed by atoms with E-state index in [9.17, 15) is 9.90 Å². The highest BCUT2D eigenvalue weighted by atomic mass is 16.3. The van der Waals surface area contributed by atoms with Crippen LogP contribution in [-0.2, 0) is 11.2 Å². The highest BCUT2D eigenvalue weighted by Crippen LogP contribution is 2.11. The number of hydrogen-bond donors (Lipinski definition) is 1. The van der Waals surface area contributed by atoms with Crippen LogP contribution < -0.4 is 0 Å². The first-order valence-corrected chi connectivity index (χ1v) is 8.66. The number of nitrogens with zero attached hydrogens (tertiary/aromatic N) is 6. The van der Waals surface area contributed by atoms with Crippen LogP contribution in [0.3, 0.4) is 0 Å². The molecule has 1 aromatic heterocycles. The number of rotatable bonds is 6. The summed E-state index contributed by atoms with van der Waals surface area (Å²) in [5, 5.41) is 20.8. The summed E-state index contributed by atoms with van der Waals surface area (Å²) >= 11 is 0. The van der Waals surface area contributed by atoms with Gasteiger partial charge in [0.05, 0.1) is 18.2 Å². The first kappa shape index (κ1) is 17.5. The summed E-state index contributed by atoms with van der Waals surface area (Å²) in [7, 11) is 0. The zero-order valence-corrected chi connectivity index (χ0v) is 14.5. The Labute approximate surface area is 147 Å². The number of β-amino-alcohol motifs (C(OH)–C–C–N with tert-alkyl or cyclic N) is 1. The van der Waals surface area contributed by atoms with Gasteiger partial charge in [-0.2, -0.15) is 0 Å². The normalized spacial score (nSPS) is 16.8. The Balaban J connectivity index is 1.49. The number of aromatic nitrogens is 4. The predicted octanol–water partition coefficient (Wildman–Crippen LogP) is 0.120. The minimum atomic E-state index is -0.277. The molecular weight excluding hydrogens is 320 g/mol. The smallest absolute Gasteiger partial charge is 0.227 e. The summed E-state index contributed by atoms with van der Waals surface area (Å²) in [6, 6.07) is 7.68. The van der Waals surface area contributed by atoms with Crippen molar-refractivity contribution in [2.75, 3.05) is 32.7 Å². The number of tetrazole rings is 1. The minimum Gasteiger partial charge on any atom is -0.392 e. The van der Waals surface area contributed by atoms with E-state index in [0.717, 1.165) is 43.9 Å². The largest absolute Gasteiger partial charge is 0.392 e. The molecule has 1 atom stereocenters. The molecule has 134 valence electrons. The van der Waals surface area contributed by atoms with E-state index >= 15 is 0 Å². The zero-order valence-electron chi connectivity index (χ0n) is 14.5. The van der Waals surface area contributed by atoms with Crippen LogP contribution in [0, 0.1) is 0 Å². The lowest BCUT2D eigenvalue weighted by Gasteiger charge is -2.35. The lowest BCUT2D eigenvalue weighted by atomic mass is 10.1. The molecule has 0 spiro atoms. The highest BCUT2D eigenvalue weighted by Gasteiger charge is 2.22. The van der Waals surface area contributed by atoms with Crippen LogP contribution in [0.1, 0.15) is 18.9 Å². The van der Waals surface area contributed by atoms with E-state index in [1.165, 1.54) is 6.33 Å². The average molecular weight is 344 g/mol. The summed E-state index contributed by atoms with van der Waals surface area (Å²) in [5.74, 6) is 0.144. The van der Waals surface area contributed by atoms with Crippen molar-refractivity contribution in [3.05, 3.63) is 36.2 Å². The molecule has 1 aromatic carbocycles. The second-order valence-corrected chi connectivity index (χ2v) is 6.34. The molecule has 1 unspecified atom stereocenters. The van der Waals surface area contributed by atoms with E-state index in [0.29, 0.717) is 13.0 Å². The lowest BCUT2D eigenvalue weighted by Crippen LogP contribution is -2.50. The topological polar surface area (TPSA) is 87.4 Å². The van der Waals surface area contributed by atoms with Crippen molar-refractivity contribution in [1.29, 1.82) is 0 Å². The van der Waals surface area contributed by atoms with Gasteiger partial charge in [-0.15, -0.1) is 5.10 Å². The monoisotopic (exact) mass is 344 g/mol. The van der Waals surface area contributed by atoms with E-state index < -0.39 is 0 Å². The lowest BCUT2D eigenvalue weighted by molar-refractivity contribution is -0.132. The van der Waals surface area contributed by atoms with Gasteiger partial charge >= 0.3 is 0 Å². The fourth-order valence-corrected chi connectivity index (χ4v) is 2.94. The Morgan fingerprint density at radius 2 is 1.92 bits per heavy atom. The Bertz CT molecular complexity index is 665. The van der Waals surface area contributed by atoms with E-state index in [-0.39, 0.29) is 12.0 Å². The van der Waals surface area contributed by atoms with Gasteiger partial charge in [0.2, 0.25) is 5.91 Å². The Morgan fingerprint density at radius 3 is 2.52 bits per heavy atom. The van der Waals surface area contributed by atoms with Crippen LogP contribution in [-0.4, -0.2) is 79.8 Å². The quantitative estimate of drug-likeness (QED) is 0.801. The maximum atomic E-state index is 12.5.